The van der Waals surface area contributed by atoms with Gasteiger partial charge in [0.25, 0.3) is 15.9 Å². The van der Waals surface area contributed by atoms with Crippen LogP contribution in [0.5, 0.6) is 5.75 Å². The number of rotatable bonds is 9. The van der Waals surface area contributed by atoms with Gasteiger partial charge < -0.3 is 15.0 Å². The van der Waals surface area contributed by atoms with Gasteiger partial charge in [0.1, 0.15) is 5.75 Å². The van der Waals surface area contributed by atoms with E-state index in [9.17, 15) is 13.2 Å². The highest BCUT2D eigenvalue weighted by atomic mass is 32.2. The smallest absolute Gasteiger partial charge is 0.264 e. The van der Waals surface area contributed by atoms with E-state index in [0.29, 0.717) is 23.5 Å². The number of ether oxygens (including phenoxy) is 1. The Morgan fingerprint density at radius 1 is 1.07 bits per heavy atom. The third kappa shape index (κ3) is 5.31. The Bertz CT molecular complexity index is 937. The zero-order valence-corrected chi connectivity index (χ0v) is 18.3. The SMILES string of the molecule is COc1ccc(S(=O)(=O)N(C)c2ccc(C(=O)NCCCN3CCCC3)cc2)cc1. The molecule has 3 rings (SSSR count). The average molecular weight is 432 g/mol. The monoisotopic (exact) mass is 431 g/mol. The molecule has 1 fully saturated rings. The fourth-order valence-corrected chi connectivity index (χ4v) is 4.68. The second kappa shape index (κ2) is 9.95. The minimum atomic E-state index is -3.70. The van der Waals surface area contributed by atoms with Gasteiger partial charge in [-0.3, -0.25) is 9.10 Å². The Balaban J connectivity index is 1.57. The van der Waals surface area contributed by atoms with Gasteiger partial charge in [-0.2, -0.15) is 0 Å². The maximum Gasteiger partial charge on any atom is 0.264 e. The van der Waals surface area contributed by atoms with Crippen LogP contribution < -0.4 is 14.4 Å². The number of anilines is 1. The van der Waals surface area contributed by atoms with Gasteiger partial charge in [0.05, 0.1) is 17.7 Å². The number of hydrogen-bond acceptors (Lipinski definition) is 5. The van der Waals surface area contributed by atoms with Crippen molar-refractivity contribution in [3.05, 3.63) is 54.1 Å². The summed E-state index contributed by atoms with van der Waals surface area (Å²) in [5, 5.41) is 2.93. The van der Waals surface area contributed by atoms with Gasteiger partial charge in [-0.25, -0.2) is 8.42 Å². The zero-order chi connectivity index (χ0) is 21.6. The first kappa shape index (κ1) is 22.1. The molecule has 0 spiro atoms. The first-order valence-corrected chi connectivity index (χ1v) is 11.6. The van der Waals surface area contributed by atoms with E-state index in [1.54, 1.807) is 36.4 Å². The van der Waals surface area contributed by atoms with E-state index in [-0.39, 0.29) is 10.8 Å². The van der Waals surface area contributed by atoms with Crippen molar-refractivity contribution in [3.8, 4) is 5.75 Å². The van der Waals surface area contributed by atoms with Crippen molar-refractivity contribution >= 4 is 21.6 Å². The van der Waals surface area contributed by atoms with Crippen LogP contribution in [-0.4, -0.2) is 59.6 Å². The van der Waals surface area contributed by atoms with E-state index in [0.717, 1.165) is 26.1 Å². The van der Waals surface area contributed by atoms with Gasteiger partial charge in [0, 0.05) is 19.2 Å². The molecule has 30 heavy (non-hydrogen) atoms. The summed E-state index contributed by atoms with van der Waals surface area (Å²) >= 11 is 0. The van der Waals surface area contributed by atoms with Crippen LogP contribution in [0.1, 0.15) is 29.6 Å². The lowest BCUT2D eigenvalue weighted by Crippen LogP contribution is -2.29. The Morgan fingerprint density at radius 3 is 2.30 bits per heavy atom. The van der Waals surface area contributed by atoms with Crippen LogP contribution in [0.15, 0.2) is 53.4 Å². The van der Waals surface area contributed by atoms with Crippen molar-refractivity contribution in [1.82, 2.24) is 10.2 Å². The molecule has 1 N–H and O–H groups in total. The molecule has 2 aromatic carbocycles. The van der Waals surface area contributed by atoms with Gasteiger partial charge in [-0.1, -0.05) is 0 Å². The number of likely N-dealkylation sites (tertiary alicyclic amines) is 1. The van der Waals surface area contributed by atoms with Crippen LogP contribution >= 0.6 is 0 Å². The summed E-state index contributed by atoms with van der Waals surface area (Å²) in [5.41, 5.74) is 0.992. The van der Waals surface area contributed by atoms with Crippen LogP contribution in [0.25, 0.3) is 0 Å². The van der Waals surface area contributed by atoms with Crippen molar-refractivity contribution in [2.24, 2.45) is 0 Å². The molecule has 1 aliphatic heterocycles. The summed E-state index contributed by atoms with van der Waals surface area (Å²) in [7, 11) is -0.682. The normalized spacial score (nSPS) is 14.5. The predicted molar refractivity (Wildman–Crippen MR) is 118 cm³/mol. The third-order valence-electron chi connectivity index (χ3n) is 5.35. The van der Waals surface area contributed by atoms with Crippen LogP contribution in [0, 0.1) is 0 Å². The van der Waals surface area contributed by atoms with E-state index >= 15 is 0 Å². The van der Waals surface area contributed by atoms with Crippen molar-refractivity contribution in [1.29, 1.82) is 0 Å². The van der Waals surface area contributed by atoms with Crippen LogP contribution in [0.4, 0.5) is 5.69 Å². The number of hydrogen-bond donors (Lipinski definition) is 1. The Labute approximate surface area is 178 Å². The summed E-state index contributed by atoms with van der Waals surface area (Å²) in [6.45, 7) is 3.95. The van der Waals surface area contributed by atoms with E-state index in [2.05, 4.69) is 10.2 Å². The molecule has 162 valence electrons. The van der Waals surface area contributed by atoms with Crippen LogP contribution in [0.2, 0.25) is 0 Å². The summed E-state index contributed by atoms with van der Waals surface area (Å²) in [4.78, 5) is 14.9. The molecule has 2 aromatic rings. The molecular formula is C22H29N3O4S. The van der Waals surface area contributed by atoms with Gasteiger partial charge in [-0.05, 0) is 87.4 Å². The molecule has 0 bridgehead atoms. The van der Waals surface area contributed by atoms with Crippen molar-refractivity contribution in [2.75, 3.05) is 44.6 Å². The average Bonchev–Trinajstić information content (AvgIpc) is 3.29. The number of carbonyl (C=O) groups excluding carboxylic acids is 1. The first-order chi connectivity index (χ1) is 14.4. The summed E-state index contributed by atoms with van der Waals surface area (Å²) in [5.74, 6) is 0.441. The van der Waals surface area contributed by atoms with Crippen molar-refractivity contribution < 1.29 is 17.9 Å². The Morgan fingerprint density at radius 2 is 1.70 bits per heavy atom. The number of nitrogens with one attached hydrogen (secondary N) is 1. The van der Waals surface area contributed by atoms with Crippen molar-refractivity contribution in [3.63, 3.8) is 0 Å². The molecular weight excluding hydrogens is 402 g/mol. The highest BCUT2D eigenvalue weighted by molar-refractivity contribution is 7.92. The molecule has 7 nitrogen and oxygen atoms in total. The summed E-state index contributed by atoms with van der Waals surface area (Å²) < 4.78 is 31.9. The van der Waals surface area contributed by atoms with E-state index < -0.39 is 10.0 Å². The molecule has 0 radical (unpaired) electrons. The van der Waals surface area contributed by atoms with Gasteiger partial charge >= 0.3 is 0 Å². The van der Waals surface area contributed by atoms with Gasteiger partial charge in [-0.15, -0.1) is 0 Å². The molecule has 1 saturated heterocycles. The minimum absolute atomic E-state index is 0.149. The van der Waals surface area contributed by atoms with E-state index in [4.69, 9.17) is 4.74 Å². The largest absolute Gasteiger partial charge is 0.497 e. The number of benzene rings is 2. The Kier molecular flexibility index (Phi) is 7.33. The molecule has 0 unspecified atom stereocenters. The summed E-state index contributed by atoms with van der Waals surface area (Å²) in [6.07, 6.45) is 3.45. The van der Waals surface area contributed by atoms with E-state index in [1.807, 2.05) is 0 Å². The molecule has 0 aromatic heterocycles. The molecule has 0 saturated carbocycles. The molecule has 1 amide bonds. The predicted octanol–water partition coefficient (Wildman–Crippen LogP) is 2.74. The third-order valence-corrected chi connectivity index (χ3v) is 7.15. The second-order valence-corrected chi connectivity index (χ2v) is 9.32. The first-order valence-electron chi connectivity index (χ1n) is 10.2. The molecule has 0 atom stereocenters. The molecule has 1 aliphatic rings. The quantitative estimate of drug-likeness (QED) is 0.618. The lowest BCUT2D eigenvalue weighted by atomic mass is 10.2. The lowest BCUT2D eigenvalue weighted by molar-refractivity contribution is 0.0952. The fourth-order valence-electron chi connectivity index (χ4n) is 3.48. The second-order valence-electron chi connectivity index (χ2n) is 7.35. The number of sulfonamides is 1. The van der Waals surface area contributed by atoms with Crippen LogP contribution in [0.3, 0.4) is 0 Å². The minimum Gasteiger partial charge on any atom is -0.497 e. The number of carbonyl (C=O) groups is 1. The van der Waals surface area contributed by atoms with Gasteiger partial charge in [0.2, 0.25) is 0 Å². The molecule has 8 heteroatoms. The van der Waals surface area contributed by atoms with E-state index in [1.165, 1.54) is 43.4 Å². The van der Waals surface area contributed by atoms with Crippen molar-refractivity contribution in [2.45, 2.75) is 24.2 Å². The number of methoxy groups -OCH3 is 1. The maximum atomic E-state index is 12.8. The topological polar surface area (TPSA) is 79.0 Å². The molecule has 1 heterocycles. The fraction of sp³-hybridized carbons (Fsp3) is 0.409. The molecule has 0 aliphatic carbocycles. The zero-order valence-electron chi connectivity index (χ0n) is 17.5. The highest BCUT2D eigenvalue weighted by Gasteiger charge is 2.21. The van der Waals surface area contributed by atoms with Gasteiger partial charge in [0.15, 0.2) is 0 Å². The number of nitrogens with zero attached hydrogens (tertiary/aromatic N) is 2. The highest BCUT2D eigenvalue weighted by Crippen LogP contribution is 2.24. The van der Waals surface area contributed by atoms with Crippen LogP contribution in [-0.2, 0) is 10.0 Å². The summed E-state index contributed by atoms with van der Waals surface area (Å²) in [6, 6.07) is 12.8. The standard InChI is InChI=1S/C22H29N3O4S/c1-24(30(27,28)21-12-10-20(29-2)11-13-21)19-8-6-18(7-9-19)22(26)23-14-5-17-25-15-3-4-16-25/h6-13H,3-5,14-17H2,1-2H3,(H,23,26). The maximum absolute atomic E-state index is 12.8. The number of amides is 1. The lowest BCUT2D eigenvalue weighted by Gasteiger charge is -2.20. The Hall–Kier alpha value is -2.58.